The lowest BCUT2D eigenvalue weighted by atomic mass is 10.2. The maximum absolute atomic E-state index is 12.5. The van der Waals surface area contributed by atoms with Crippen molar-refractivity contribution in [2.75, 3.05) is 10.6 Å². The van der Waals surface area contributed by atoms with Gasteiger partial charge in [-0.25, -0.2) is 0 Å². The highest BCUT2D eigenvalue weighted by molar-refractivity contribution is 8.00. The standard InChI is InChI=1S/C21H25N5OS/c1-14-9-11-17(12-10-14)22-13-19-24-25-21(26(19)4)28-16(3)20(27)23-18-8-6-5-7-15(18)2/h5-12,16,22H,13H2,1-4H3,(H,23,27). The predicted octanol–water partition coefficient (Wildman–Crippen LogP) is 4.16. The van der Waals surface area contributed by atoms with Crippen LogP contribution in [0.4, 0.5) is 11.4 Å². The van der Waals surface area contributed by atoms with Gasteiger partial charge in [-0.1, -0.05) is 47.7 Å². The van der Waals surface area contributed by atoms with E-state index in [0.717, 1.165) is 22.8 Å². The van der Waals surface area contributed by atoms with Crippen molar-refractivity contribution in [2.24, 2.45) is 7.05 Å². The minimum absolute atomic E-state index is 0.0540. The van der Waals surface area contributed by atoms with Crippen LogP contribution in [-0.4, -0.2) is 25.9 Å². The zero-order valence-electron chi connectivity index (χ0n) is 16.6. The third-order valence-corrected chi connectivity index (χ3v) is 5.62. The first-order chi connectivity index (χ1) is 13.4. The first-order valence-electron chi connectivity index (χ1n) is 9.16. The van der Waals surface area contributed by atoms with Gasteiger partial charge in [-0.3, -0.25) is 4.79 Å². The number of amides is 1. The van der Waals surface area contributed by atoms with Gasteiger partial charge in [-0.2, -0.15) is 0 Å². The second-order valence-electron chi connectivity index (χ2n) is 6.74. The van der Waals surface area contributed by atoms with Crippen LogP contribution in [0.2, 0.25) is 0 Å². The fraction of sp³-hybridized carbons (Fsp3) is 0.286. The molecule has 1 atom stereocenters. The summed E-state index contributed by atoms with van der Waals surface area (Å²) in [5.41, 5.74) is 4.13. The van der Waals surface area contributed by atoms with Crippen LogP contribution in [-0.2, 0) is 18.4 Å². The summed E-state index contributed by atoms with van der Waals surface area (Å²) in [5.74, 6) is 0.760. The summed E-state index contributed by atoms with van der Waals surface area (Å²) < 4.78 is 1.92. The zero-order valence-corrected chi connectivity index (χ0v) is 17.4. The number of aryl methyl sites for hydroxylation is 2. The molecule has 6 nitrogen and oxygen atoms in total. The van der Waals surface area contributed by atoms with Gasteiger partial charge in [0.25, 0.3) is 0 Å². The zero-order chi connectivity index (χ0) is 20.1. The van der Waals surface area contributed by atoms with Gasteiger partial charge in [-0.15, -0.1) is 10.2 Å². The molecule has 1 aromatic heterocycles. The number of thioether (sulfide) groups is 1. The minimum Gasteiger partial charge on any atom is -0.378 e. The lowest BCUT2D eigenvalue weighted by Crippen LogP contribution is -2.23. The quantitative estimate of drug-likeness (QED) is 0.588. The number of carbonyl (C=O) groups is 1. The van der Waals surface area contributed by atoms with Crippen LogP contribution in [0.1, 0.15) is 23.9 Å². The second kappa shape index (κ2) is 8.93. The van der Waals surface area contributed by atoms with E-state index in [4.69, 9.17) is 0 Å². The summed E-state index contributed by atoms with van der Waals surface area (Å²) in [5, 5.41) is 15.2. The van der Waals surface area contributed by atoms with Crippen LogP contribution in [0, 0.1) is 13.8 Å². The molecule has 7 heteroatoms. The smallest absolute Gasteiger partial charge is 0.237 e. The molecule has 1 heterocycles. The number of carbonyl (C=O) groups excluding carboxylic acids is 1. The molecule has 0 aliphatic carbocycles. The first-order valence-corrected chi connectivity index (χ1v) is 10.0. The maximum Gasteiger partial charge on any atom is 0.237 e. The molecule has 0 aliphatic heterocycles. The average Bonchev–Trinajstić information content (AvgIpc) is 3.03. The van der Waals surface area contributed by atoms with Crippen molar-refractivity contribution >= 4 is 29.0 Å². The van der Waals surface area contributed by atoms with Crippen molar-refractivity contribution in [3.8, 4) is 0 Å². The SMILES string of the molecule is Cc1ccc(NCc2nnc(SC(C)C(=O)Nc3ccccc3C)n2C)cc1. The maximum atomic E-state index is 12.5. The molecular weight excluding hydrogens is 370 g/mol. The fourth-order valence-electron chi connectivity index (χ4n) is 2.61. The number of anilines is 2. The molecular formula is C21H25N5OS. The molecule has 0 spiro atoms. The number of para-hydroxylation sites is 1. The Morgan fingerprint density at radius 2 is 1.82 bits per heavy atom. The molecule has 0 saturated carbocycles. The molecule has 1 amide bonds. The molecule has 146 valence electrons. The Bertz CT molecular complexity index is 952. The Balaban J connectivity index is 1.59. The summed E-state index contributed by atoms with van der Waals surface area (Å²) in [7, 11) is 1.92. The molecule has 3 aromatic rings. The molecule has 0 aliphatic rings. The highest BCUT2D eigenvalue weighted by atomic mass is 32.2. The number of hydrogen-bond acceptors (Lipinski definition) is 5. The van der Waals surface area contributed by atoms with Crippen LogP contribution in [0.15, 0.2) is 53.7 Å². The van der Waals surface area contributed by atoms with E-state index in [9.17, 15) is 4.79 Å². The summed E-state index contributed by atoms with van der Waals surface area (Å²) in [6, 6.07) is 16.0. The number of rotatable bonds is 7. The summed E-state index contributed by atoms with van der Waals surface area (Å²) >= 11 is 1.40. The van der Waals surface area contributed by atoms with E-state index in [1.807, 2.05) is 61.9 Å². The third-order valence-electron chi connectivity index (χ3n) is 4.48. The molecule has 0 radical (unpaired) electrons. The Morgan fingerprint density at radius 3 is 2.54 bits per heavy atom. The molecule has 2 N–H and O–H groups in total. The van der Waals surface area contributed by atoms with Gasteiger partial charge in [0.2, 0.25) is 5.91 Å². The third kappa shape index (κ3) is 4.92. The van der Waals surface area contributed by atoms with Crippen molar-refractivity contribution in [2.45, 2.75) is 37.7 Å². The van der Waals surface area contributed by atoms with Gasteiger partial charge >= 0.3 is 0 Å². The van der Waals surface area contributed by atoms with Crippen molar-refractivity contribution < 1.29 is 4.79 Å². The van der Waals surface area contributed by atoms with Gasteiger partial charge < -0.3 is 15.2 Å². The molecule has 0 fully saturated rings. The summed E-state index contributed by atoms with van der Waals surface area (Å²) in [6.07, 6.45) is 0. The van der Waals surface area contributed by atoms with Gasteiger partial charge in [0.1, 0.15) is 0 Å². The molecule has 28 heavy (non-hydrogen) atoms. The van der Waals surface area contributed by atoms with Crippen LogP contribution in [0.5, 0.6) is 0 Å². The van der Waals surface area contributed by atoms with Gasteiger partial charge in [0, 0.05) is 18.4 Å². The number of hydrogen-bond donors (Lipinski definition) is 2. The van der Waals surface area contributed by atoms with Gasteiger partial charge in [0.05, 0.1) is 11.8 Å². The number of benzene rings is 2. The Labute approximate surface area is 169 Å². The van der Waals surface area contributed by atoms with E-state index >= 15 is 0 Å². The first kappa shape index (κ1) is 19.9. The molecule has 3 rings (SSSR count). The van der Waals surface area contributed by atoms with Crippen molar-refractivity contribution in [3.05, 3.63) is 65.5 Å². The number of aromatic nitrogens is 3. The normalized spacial score (nSPS) is 11.9. The topological polar surface area (TPSA) is 71.8 Å². The van der Waals surface area contributed by atoms with E-state index < -0.39 is 0 Å². The largest absolute Gasteiger partial charge is 0.378 e. The van der Waals surface area contributed by atoms with E-state index in [2.05, 4.69) is 39.9 Å². The summed E-state index contributed by atoms with van der Waals surface area (Å²) in [4.78, 5) is 12.5. The lowest BCUT2D eigenvalue weighted by Gasteiger charge is -2.13. The Kier molecular flexibility index (Phi) is 6.36. The average molecular weight is 396 g/mol. The van der Waals surface area contributed by atoms with E-state index in [0.29, 0.717) is 11.7 Å². The Hall–Kier alpha value is -2.80. The molecule has 2 aromatic carbocycles. The number of nitrogens with one attached hydrogen (secondary N) is 2. The molecule has 0 saturated heterocycles. The Morgan fingerprint density at radius 1 is 1.11 bits per heavy atom. The minimum atomic E-state index is -0.291. The lowest BCUT2D eigenvalue weighted by molar-refractivity contribution is -0.115. The van der Waals surface area contributed by atoms with Crippen LogP contribution < -0.4 is 10.6 Å². The number of nitrogens with zero attached hydrogens (tertiary/aromatic N) is 3. The van der Waals surface area contributed by atoms with E-state index in [1.54, 1.807) is 0 Å². The van der Waals surface area contributed by atoms with Crippen LogP contribution >= 0.6 is 11.8 Å². The van der Waals surface area contributed by atoms with E-state index in [1.165, 1.54) is 17.3 Å². The summed E-state index contributed by atoms with van der Waals surface area (Å²) in [6.45, 7) is 6.48. The van der Waals surface area contributed by atoms with Crippen molar-refractivity contribution in [1.82, 2.24) is 14.8 Å². The fourth-order valence-corrected chi connectivity index (χ4v) is 3.45. The highest BCUT2D eigenvalue weighted by Crippen LogP contribution is 2.23. The van der Waals surface area contributed by atoms with Crippen molar-refractivity contribution in [3.63, 3.8) is 0 Å². The molecule has 1 unspecified atom stereocenters. The van der Waals surface area contributed by atoms with E-state index in [-0.39, 0.29) is 11.2 Å². The molecule has 0 bridgehead atoms. The predicted molar refractivity (Wildman–Crippen MR) is 115 cm³/mol. The van der Waals surface area contributed by atoms with Gasteiger partial charge in [-0.05, 0) is 44.5 Å². The monoisotopic (exact) mass is 395 g/mol. The van der Waals surface area contributed by atoms with Crippen LogP contribution in [0.25, 0.3) is 0 Å². The van der Waals surface area contributed by atoms with Gasteiger partial charge in [0.15, 0.2) is 11.0 Å². The highest BCUT2D eigenvalue weighted by Gasteiger charge is 2.19. The second-order valence-corrected chi connectivity index (χ2v) is 8.05. The van der Waals surface area contributed by atoms with Crippen LogP contribution in [0.3, 0.4) is 0 Å². The van der Waals surface area contributed by atoms with Crippen molar-refractivity contribution in [1.29, 1.82) is 0 Å².